The Kier molecular flexibility index (Phi) is 3.16. The highest BCUT2D eigenvalue weighted by molar-refractivity contribution is 9.10. The van der Waals surface area contributed by atoms with Crippen molar-refractivity contribution in [2.75, 3.05) is 11.5 Å². The Balaban J connectivity index is 2.09. The number of halogens is 1. The van der Waals surface area contributed by atoms with Crippen LogP contribution in [-0.2, 0) is 16.1 Å². The molecule has 6 heteroatoms. The van der Waals surface area contributed by atoms with Gasteiger partial charge in [-0.2, -0.15) is 0 Å². The molecular weight excluding hydrogens is 282 g/mol. The molecule has 0 bridgehead atoms. The predicted molar refractivity (Wildman–Crippen MR) is 59.3 cm³/mol. The van der Waals surface area contributed by atoms with Crippen molar-refractivity contribution in [1.82, 2.24) is 4.90 Å². The van der Waals surface area contributed by atoms with Crippen LogP contribution >= 0.6 is 27.7 Å². The number of rotatable bonds is 2. The van der Waals surface area contributed by atoms with Gasteiger partial charge in [-0.05, 0) is 22.0 Å². The molecule has 2 rings (SSSR count). The van der Waals surface area contributed by atoms with Crippen LogP contribution in [0.3, 0.4) is 0 Å². The SMILES string of the molecule is O=C1CSCC(=O)N1Cc1coc(Br)c1. The molecule has 0 saturated carbocycles. The average molecular weight is 290 g/mol. The van der Waals surface area contributed by atoms with E-state index in [1.807, 2.05) is 0 Å². The molecule has 2 heterocycles. The van der Waals surface area contributed by atoms with Gasteiger partial charge in [-0.3, -0.25) is 14.5 Å². The lowest BCUT2D eigenvalue weighted by Gasteiger charge is -2.23. The van der Waals surface area contributed by atoms with Gasteiger partial charge >= 0.3 is 0 Å². The van der Waals surface area contributed by atoms with Crippen molar-refractivity contribution in [3.63, 3.8) is 0 Å². The minimum Gasteiger partial charge on any atom is -0.457 e. The van der Waals surface area contributed by atoms with Crippen molar-refractivity contribution in [2.45, 2.75) is 6.54 Å². The van der Waals surface area contributed by atoms with E-state index in [4.69, 9.17) is 4.42 Å². The van der Waals surface area contributed by atoms with E-state index in [-0.39, 0.29) is 11.8 Å². The summed E-state index contributed by atoms with van der Waals surface area (Å²) >= 11 is 4.53. The van der Waals surface area contributed by atoms with Crippen molar-refractivity contribution >= 4 is 39.5 Å². The van der Waals surface area contributed by atoms with E-state index in [2.05, 4.69) is 15.9 Å². The molecule has 1 fully saturated rings. The summed E-state index contributed by atoms with van der Waals surface area (Å²) in [6.07, 6.45) is 1.53. The summed E-state index contributed by atoms with van der Waals surface area (Å²) < 4.78 is 5.64. The minimum absolute atomic E-state index is 0.131. The molecule has 1 aromatic rings. The number of furan rings is 1. The summed E-state index contributed by atoms with van der Waals surface area (Å²) in [6, 6.07) is 1.75. The van der Waals surface area contributed by atoms with Gasteiger partial charge in [0.1, 0.15) is 0 Å². The van der Waals surface area contributed by atoms with Crippen molar-refractivity contribution < 1.29 is 14.0 Å². The molecule has 0 unspecified atom stereocenters. The first-order valence-corrected chi connectivity index (χ1v) is 6.25. The van der Waals surface area contributed by atoms with E-state index >= 15 is 0 Å². The second kappa shape index (κ2) is 4.40. The molecule has 1 saturated heterocycles. The summed E-state index contributed by atoms with van der Waals surface area (Å²) in [6.45, 7) is 0.299. The first-order chi connectivity index (χ1) is 7.16. The zero-order chi connectivity index (χ0) is 10.8. The number of carbonyl (C=O) groups excluding carboxylic acids is 2. The van der Waals surface area contributed by atoms with Crippen LogP contribution in [0.25, 0.3) is 0 Å². The monoisotopic (exact) mass is 289 g/mol. The van der Waals surface area contributed by atoms with Crippen molar-refractivity contribution in [2.24, 2.45) is 0 Å². The second-order valence-electron chi connectivity index (χ2n) is 3.13. The normalized spacial score (nSPS) is 17.3. The fraction of sp³-hybridized carbons (Fsp3) is 0.333. The van der Waals surface area contributed by atoms with E-state index in [9.17, 15) is 9.59 Å². The molecule has 0 aromatic carbocycles. The van der Waals surface area contributed by atoms with Gasteiger partial charge in [0.05, 0.1) is 24.3 Å². The average Bonchev–Trinajstić information content (AvgIpc) is 2.58. The van der Waals surface area contributed by atoms with Gasteiger partial charge in [0.25, 0.3) is 0 Å². The number of carbonyl (C=O) groups is 2. The van der Waals surface area contributed by atoms with E-state index in [1.54, 1.807) is 6.07 Å². The molecular formula is C9H8BrNO3S. The third-order valence-electron chi connectivity index (χ3n) is 2.02. The van der Waals surface area contributed by atoms with Gasteiger partial charge in [0.15, 0.2) is 4.67 Å². The smallest absolute Gasteiger partial charge is 0.239 e. The van der Waals surface area contributed by atoms with Crippen molar-refractivity contribution in [1.29, 1.82) is 0 Å². The van der Waals surface area contributed by atoms with Gasteiger partial charge in [0, 0.05) is 5.56 Å². The third kappa shape index (κ3) is 2.43. The van der Waals surface area contributed by atoms with E-state index in [0.29, 0.717) is 22.7 Å². The Morgan fingerprint density at radius 1 is 1.40 bits per heavy atom. The first-order valence-electron chi connectivity index (χ1n) is 4.30. The highest BCUT2D eigenvalue weighted by atomic mass is 79.9. The standard InChI is InChI=1S/C9H8BrNO3S/c10-7-1-6(3-14-7)2-11-8(12)4-15-5-9(11)13/h1,3H,2,4-5H2. The second-order valence-corrected chi connectivity index (χ2v) is 4.89. The van der Waals surface area contributed by atoms with Crippen LogP contribution < -0.4 is 0 Å². The molecule has 1 aromatic heterocycles. The number of nitrogens with zero attached hydrogens (tertiary/aromatic N) is 1. The molecule has 80 valence electrons. The quantitative estimate of drug-likeness (QED) is 0.777. The maximum atomic E-state index is 11.5. The summed E-state index contributed by atoms with van der Waals surface area (Å²) in [4.78, 5) is 24.2. The molecule has 1 aliphatic rings. The van der Waals surface area contributed by atoms with Gasteiger partial charge in [-0.15, -0.1) is 11.8 Å². The molecule has 0 atom stereocenters. The highest BCUT2D eigenvalue weighted by Gasteiger charge is 2.26. The van der Waals surface area contributed by atoms with E-state index in [0.717, 1.165) is 5.56 Å². The largest absolute Gasteiger partial charge is 0.457 e. The van der Waals surface area contributed by atoms with Crippen molar-refractivity contribution in [3.05, 3.63) is 22.6 Å². The molecule has 4 nitrogen and oxygen atoms in total. The molecule has 1 aliphatic heterocycles. The maximum absolute atomic E-state index is 11.5. The summed E-state index contributed by atoms with van der Waals surface area (Å²) in [5.74, 6) is 0.498. The van der Waals surface area contributed by atoms with Crippen LogP contribution in [-0.4, -0.2) is 28.2 Å². The topological polar surface area (TPSA) is 50.5 Å². The van der Waals surface area contributed by atoms with Gasteiger partial charge < -0.3 is 4.42 Å². The van der Waals surface area contributed by atoms with Gasteiger partial charge in [-0.25, -0.2) is 0 Å². The lowest BCUT2D eigenvalue weighted by atomic mass is 10.3. The summed E-state index contributed by atoms with van der Waals surface area (Å²) in [7, 11) is 0. The Hall–Kier alpha value is -0.750. The molecule has 15 heavy (non-hydrogen) atoms. The maximum Gasteiger partial charge on any atom is 0.239 e. The molecule has 2 amide bonds. The zero-order valence-corrected chi connectivity index (χ0v) is 10.1. The van der Waals surface area contributed by atoms with Crippen LogP contribution in [0.15, 0.2) is 21.4 Å². The Bertz CT molecular complexity index is 388. The molecule has 0 N–H and O–H groups in total. The van der Waals surface area contributed by atoms with Crippen molar-refractivity contribution in [3.8, 4) is 0 Å². The number of hydrogen-bond acceptors (Lipinski definition) is 4. The lowest BCUT2D eigenvalue weighted by Crippen LogP contribution is -2.42. The fourth-order valence-corrected chi connectivity index (χ4v) is 2.46. The van der Waals surface area contributed by atoms with Crippen LogP contribution in [0, 0.1) is 0 Å². The predicted octanol–water partition coefficient (Wildman–Crippen LogP) is 1.64. The Labute approximate surface area is 99.1 Å². The van der Waals surface area contributed by atoms with Crippen LogP contribution in [0.2, 0.25) is 0 Å². The van der Waals surface area contributed by atoms with Gasteiger partial charge in [-0.1, -0.05) is 0 Å². The molecule has 0 spiro atoms. The first kappa shape index (κ1) is 10.8. The van der Waals surface area contributed by atoms with Gasteiger partial charge in [0.2, 0.25) is 11.8 Å². The number of imide groups is 1. The minimum atomic E-state index is -0.131. The van der Waals surface area contributed by atoms with E-state index in [1.165, 1.54) is 22.9 Å². The fourth-order valence-electron chi connectivity index (χ4n) is 1.31. The summed E-state index contributed by atoms with van der Waals surface area (Å²) in [5.41, 5.74) is 0.815. The lowest BCUT2D eigenvalue weighted by molar-refractivity contribution is -0.142. The van der Waals surface area contributed by atoms with Crippen LogP contribution in [0.4, 0.5) is 0 Å². The Morgan fingerprint density at radius 2 is 2.07 bits per heavy atom. The van der Waals surface area contributed by atoms with Crippen LogP contribution in [0.1, 0.15) is 5.56 Å². The van der Waals surface area contributed by atoms with Crippen LogP contribution in [0.5, 0.6) is 0 Å². The zero-order valence-electron chi connectivity index (χ0n) is 7.73. The summed E-state index contributed by atoms with van der Waals surface area (Å²) in [5, 5.41) is 0. The number of thioether (sulfide) groups is 1. The number of amides is 2. The number of hydrogen-bond donors (Lipinski definition) is 0. The molecule has 0 radical (unpaired) electrons. The highest BCUT2D eigenvalue weighted by Crippen LogP contribution is 2.19. The Morgan fingerprint density at radius 3 is 2.60 bits per heavy atom. The third-order valence-corrected chi connectivity index (χ3v) is 3.33. The molecule has 0 aliphatic carbocycles. The van der Waals surface area contributed by atoms with E-state index < -0.39 is 0 Å².